The Morgan fingerprint density at radius 2 is 1.71 bits per heavy atom. The number of nitrogens with two attached hydrogens (primary N) is 1. The summed E-state index contributed by atoms with van der Waals surface area (Å²) in [6, 6.07) is 11.3. The maximum Gasteiger partial charge on any atom is 0.254 e. The molecule has 108 valence electrons. The topological polar surface area (TPSA) is 46.3 Å². The first-order chi connectivity index (χ1) is 10.1. The number of carbonyl (C=O) groups is 1. The fraction of sp³-hybridized carbons (Fsp3) is 0.188. The Kier molecular flexibility index (Phi) is 3.79. The van der Waals surface area contributed by atoms with E-state index in [1.165, 1.54) is 11.1 Å². The fourth-order valence-corrected chi connectivity index (χ4v) is 3.05. The average molecular weight is 321 g/mol. The normalized spacial score (nSPS) is 13.9. The van der Waals surface area contributed by atoms with Crippen LogP contribution in [0.4, 0.5) is 5.69 Å². The Bertz CT molecular complexity index is 692. The van der Waals surface area contributed by atoms with Crippen molar-refractivity contribution in [1.29, 1.82) is 0 Å². The second kappa shape index (κ2) is 5.58. The zero-order chi connectivity index (χ0) is 15.0. The zero-order valence-corrected chi connectivity index (χ0v) is 12.8. The van der Waals surface area contributed by atoms with Crippen molar-refractivity contribution in [2.45, 2.75) is 13.0 Å². The van der Waals surface area contributed by atoms with Crippen LogP contribution in [0.3, 0.4) is 0 Å². The quantitative estimate of drug-likeness (QED) is 0.813. The molecule has 2 aromatic rings. The first-order valence-corrected chi connectivity index (χ1v) is 7.42. The summed E-state index contributed by atoms with van der Waals surface area (Å²) in [6.07, 6.45) is 0.859. The molecular weight excluding hydrogens is 307 g/mol. The molecule has 0 fully saturated rings. The lowest BCUT2D eigenvalue weighted by atomic mass is 9.99. The second-order valence-electron chi connectivity index (χ2n) is 5.10. The molecule has 1 aliphatic rings. The van der Waals surface area contributed by atoms with Crippen LogP contribution in [0.25, 0.3) is 0 Å². The van der Waals surface area contributed by atoms with Crippen LogP contribution in [0.5, 0.6) is 0 Å². The minimum absolute atomic E-state index is 0.0756. The molecule has 1 amide bonds. The number of benzene rings is 2. The van der Waals surface area contributed by atoms with Gasteiger partial charge in [-0.3, -0.25) is 4.79 Å². The molecule has 0 saturated carbocycles. The first-order valence-electron chi connectivity index (χ1n) is 6.67. The van der Waals surface area contributed by atoms with Gasteiger partial charge in [-0.15, -0.1) is 0 Å². The van der Waals surface area contributed by atoms with Gasteiger partial charge in [-0.25, -0.2) is 0 Å². The van der Waals surface area contributed by atoms with Crippen molar-refractivity contribution in [2.75, 3.05) is 12.3 Å². The third-order valence-electron chi connectivity index (χ3n) is 3.74. The number of hydrogen-bond donors (Lipinski definition) is 1. The van der Waals surface area contributed by atoms with Crippen molar-refractivity contribution >= 4 is 34.8 Å². The number of nitrogen functional groups attached to an aromatic ring is 1. The van der Waals surface area contributed by atoms with Gasteiger partial charge >= 0.3 is 0 Å². The van der Waals surface area contributed by atoms with Crippen molar-refractivity contribution in [3.05, 3.63) is 63.1 Å². The van der Waals surface area contributed by atoms with Gasteiger partial charge < -0.3 is 10.6 Å². The maximum absolute atomic E-state index is 12.6. The van der Waals surface area contributed by atoms with Crippen molar-refractivity contribution in [2.24, 2.45) is 0 Å². The average Bonchev–Trinajstić information content (AvgIpc) is 2.51. The van der Waals surface area contributed by atoms with Gasteiger partial charge in [0.25, 0.3) is 5.91 Å². The van der Waals surface area contributed by atoms with Crippen LogP contribution >= 0.6 is 23.2 Å². The molecule has 0 radical (unpaired) electrons. The second-order valence-corrected chi connectivity index (χ2v) is 5.91. The predicted molar refractivity (Wildman–Crippen MR) is 85.8 cm³/mol. The molecule has 3 nitrogen and oxygen atoms in total. The molecular formula is C16H14Cl2N2O. The highest BCUT2D eigenvalue weighted by molar-refractivity contribution is 6.39. The summed E-state index contributed by atoms with van der Waals surface area (Å²) in [7, 11) is 0. The minimum Gasteiger partial charge on any atom is -0.396 e. The van der Waals surface area contributed by atoms with Crippen LogP contribution in [0.15, 0.2) is 36.4 Å². The molecule has 0 saturated heterocycles. The van der Waals surface area contributed by atoms with E-state index < -0.39 is 0 Å². The van der Waals surface area contributed by atoms with Crippen LogP contribution < -0.4 is 5.73 Å². The van der Waals surface area contributed by atoms with E-state index in [9.17, 15) is 4.79 Å². The van der Waals surface area contributed by atoms with Gasteiger partial charge in [-0.05, 0) is 29.7 Å². The number of halogens is 2. The van der Waals surface area contributed by atoms with Gasteiger partial charge in [0.05, 0.1) is 15.7 Å². The Hall–Kier alpha value is -1.71. The molecule has 2 N–H and O–H groups in total. The molecule has 0 aliphatic carbocycles. The number of nitrogens with zero attached hydrogens (tertiary/aromatic N) is 1. The minimum atomic E-state index is -0.0756. The summed E-state index contributed by atoms with van der Waals surface area (Å²) in [6.45, 7) is 1.30. The third kappa shape index (κ3) is 2.71. The van der Waals surface area contributed by atoms with Crippen molar-refractivity contribution < 1.29 is 4.79 Å². The Morgan fingerprint density at radius 3 is 2.38 bits per heavy atom. The summed E-state index contributed by atoms with van der Waals surface area (Å²) >= 11 is 12.0. The summed E-state index contributed by atoms with van der Waals surface area (Å²) < 4.78 is 0. The Balaban J connectivity index is 1.87. The molecule has 1 heterocycles. The van der Waals surface area contributed by atoms with Gasteiger partial charge in [0, 0.05) is 18.7 Å². The molecule has 0 bridgehead atoms. The monoisotopic (exact) mass is 320 g/mol. The van der Waals surface area contributed by atoms with E-state index in [1.807, 2.05) is 12.1 Å². The van der Waals surface area contributed by atoms with Crippen molar-refractivity contribution in [1.82, 2.24) is 4.90 Å². The largest absolute Gasteiger partial charge is 0.396 e. The van der Waals surface area contributed by atoms with Crippen LogP contribution in [0, 0.1) is 0 Å². The van der Waals surface area contributed by atoms with Crippen LogP contribution in [-0.2, 0) is 13.0 Å². The summed E-state index contributed by atoms with van der Waals surface area (Å²) in [5.74, 6) is -0.0756. The number of rotatable bonds is 1. The van der Waals surface area contributed by atoms with Gasteiger partial charge in [0.15, 0.2) is 0 Å². The maximum atomic E-state index is 12.6. The summed E-state index contributed by atoms with van der Waals surface area (Å²) in [5, 5.41) is 0.617. The fourth-order valence-electron chi connectivity index (χ4n) is 2.56. The van der Waals surface area contributed by atoms with E-state index in [4.69, 9.17) is 28.9 Å². The van der Waals surface area contributed by atoms with Gasteiger partial charge in [-0.1, -0.05) is 47.5 Å². The summed E-state index contributed by atoms with van der Waals surface area (Å²) in [4.78, 5) is 14.4. The highest BCUT2D eigenvalue weighted by atomic mass is 35.5. The predicted octanol–water partition coefficient (Wildman–Crippen LogP) is 3.77. The lowest BCUT2D eigenvalue weighted by Crippen LogP contribution is -2.35. The van der Waals surface area contributed by atoms with E-state index in [1.54, 1.807) is 17.0 Å². The number of carbonyl (C=O) groups excluding carboxylic acids is 1. The van der Waals surface area contributed by atoms with Crippen LogP contribution in [0.2, 0.25) is 10.0 Å². The first kappa shape index (κ1) is 14.2. The molecule has 0 unspecified atom stereocenters. The Labute approximate surface area is 133 Å². The molecule has 5 heteroatoms. The number of amides is 1. The molecule has 0 aromatic heterocycles. The van der Waals surface area contributed by atoms with Gasteiger partial charge in [0.2, 0.25) is 0 Å². The SMILES string of the molecule is Nc1c(Cl)cc(C(=O)N2CCc3ccccc3C2)cc1Cl. The van der Waals surface area contributed by atoms with E-state index >= 15 is 0 Å². The standard InChI is InChI=1S/C16H14Cl2N2O/c17-13-7-12(8-14(18)15(13)19)16(21)20-6-5-10-3-1-2-4-11(10)9-20/h1-4,7-8H,5-6,9,19H2. The highest BCUT2D eigenvalue weighted by Gasteiger charge is 2.22. The lowest BCUT2D eigenvalue weighted by Gasteiger charge is -2.29. The summed E-state index contributed by atoms with van der Waals surface area (Å²) in [5.41, 5.74) is 8.96. The highest BCUT2D eigenvalue weighted by Crippen LogP contribution is 2.30. The van der Waals surface area contributed by atoms with Crippen molar-refractivity contribution in [3.8, 4) is 0 Å². The molecule has 0 atom stereocenters. The van der Waals surface area contributed by atoms with E-state index in [2.05, 4.69) is 12.1 Å². The lowest BCUT2D eigenvalue weighted by molar-refractivity contribution is 0.0735. The number of anilines is 1. The Morgan fingerprint density at radius 1 is 1.10 bits per heavy atom. The number of hydrogen-bond acceptors (Lipinski definition) is 2. The van der Waals surface area contributed by atoms with Crippen LogP contribution in [0.1, 0.15) is 21.5 Å². The molecule has 2 aromatic carbocycles. The van der Waals surface area contributed by atoms with Crippen LogP contribution in [-0.4, -0.2) is 17.4 Å². The van der Waals surface area contributed by atoms with Gasteiger partial charge in [0.1, 0.15) is 0 Å². The number of fused-ring (bicyclic) bond motifs is 1. The molecule has 21 heavy (non-hydrogen) atoms. The molecule has 3 rings (SSSR count). The van der Waals surface area contributed by atoms with E-state index in [-0.39, 0.29) is 5.91 Å². The zero-order valence-electron chi connectivity index (χ0n) is 11.3. The molecule has 1 aliphatic heterocycles. The third-order valence-corrected chi connectivity index (χ3v) is 4.37. The van der Waals surface area contributed by atoms with E-state index in [0.717, 1.165) is 6.42 Å². The van der Waals surface area contributed by atoms with Crippen molar-refractivity contribution in [3.63, 3.8) is 0 Å². The molecule has 0 spiro atoms. The van der Waals surface area contributed by atoms with Gasteiger partial charge in [-0.2, -0.15) is 0 Å². The smallest absolute Gasteiger partial charge is 0.254 e. The van der Waals surface area contributed by atoms with E-state index in [0.29, 0.717) is 34.4 Å².